The van der Waals surface area contributed by atoms with Gasteiger partial charge in [-0.3, -0.25) is 4.99 Å². The summed E-state index contributed by atoms with van der Waals surface area (Å²) in [6, 6.07) is 1.83. The number of aliphatic imine (C=N–C) groups is 1. The van der Waals surface area contributed by atoms with Gasteiger partial charge in [-0.2, -0.15) is 0 Å². The number of guanidine groups is 1. The van der Waals surface area contributed by atoms with Crippen molar-refractivity contribution in [1.82, 2.24) is 25.1 Å². The molecule has 2 heterocycles. The van der Waals surface area contributed by atoms with Crippen LogP contribution in [0.4, 0.5) is 10.7 Å². The van der Waals surface area contributed by atoms with Crippen molar-refractivity contribution in [3.63, 3.8) is 0 Å². The van der Waals surface area contributed by atoms with Gasteiger partial charge in [0.05, 0.1) is 0 Å². The highest BCUT2D eigenvalue weighted by atomic mass is 127. The zero-order valence-corrected chi connectivity index (χ0v) is 22.0. The Morgan fingerprint density at radius 2 is 1.87 bits per heavy atom. The van der Waals surface area contributed by atoms with Crippen molar-refractivity contribution >= 4 is 42.0 Å². The molecule has 1 aliphatic heterocycles. The first-order valence-electron chi connectivity index (χ1n) is 10.7. The highest BCUT2D eigenvalue weighted by molar-refractivity contribution is 14.0. The summed E-state index contributed by atoms with van der Waals surface area (Å²) in [5.41, 5.74) is -0.488. The summed E-state index contributed by atoms with van der Waals surface area (Å²) in [6.45, 7) is 15.3. The fourth-order valence-corrected chi connectivity index (χ4v) is 3.18. The van der Waals surface area contributed by atoms with Crippen LogP contribution in [0.5, 0.6) is 0 Å². The zero-order chi connectivity index (χ0) is 22.1. The maximum Gasteiger partial charge on any atom is 0.410 e. The molecular weight excluding hydrogens is 509 g/mol. The minimum Gasteiger partial charge on any atom is -0.444 e. The van der Waals surface area contributed by atoms with E-state index in [1.807, 2.05) is 26.8 Å². The van der Waals surface area contributed by atoms with Crippen molar-refractivity contribution in [3.8, 4) is 0 Å². The monoisotopic (exact) mass is 547 g/mol. The van der Waals surface area contributed by atoms with Gasteiger partial charge in [0.15, 0.2) is 5.96 Å². The van der Waals surface area contributed by atoms with Crippen LogP contribution in [0.2, 0.25) is 0 Å². The number of halogens is 1. The summed E-state index contributed by atoms with van der Waals surface area (Å²) in [6.07, 6.45) is 3.25. The standard InChI is InChI=1S/C21H37N7O2.HI/c1-7-22-18(25-15-17(2)16-26(6)20(29)30-21(3,4)5)27-11-13-28(14-12-27)19-23-9-8-10-24-19;/h8-10,17H,7,11-16H2,1-6H3,(H,22,25);1H. The molecule has 0 spiro atoms. The van der Waals surface area contributed by atoms with E-state index in [-0.39, 0.29) is 36.0 Å². The molecule has 1 aliphatic rings. The number of carbonyl (C=O) groups excluding carboxylic acids is 1. The van der Waals surface area contributed by atoms with Crippen LogP contribution in [-0.4, -0.2) is 90.3 Å². The first-order chi connectivity index (χ1) is 14.2. The second-order valence-corrected chi connectivity index (χ2v) is 8.68. The number of nitrogens with one attached hydrogen (secondary N) is 1. The Hall–Kier alpha value is -1.85. The summed E-state index contributed by atoms with van der Waals surface area (Å²) in [5.74, 6) is 1.91. The SMILES string of the molecule is CCNC(=NCC(C)CN(C)C(=O)OC(C)(C)C)N1CCN(c2ncccn2)CC1.I. The molecule has 176 valence electrons. The van der Waals surface area contributed by atoms with Crippen LogP contribution in [0.15, 0.2) is 23.5 Å². The van der Waals surface area contributed by atoms with E-state index in [4.69, 9.17) is 9.73 Å². The number of amides is 1. The molecule has 0 radical (unpaired) electrons. The molecule has 10 heteroatoms. The number of hydrogen-bond acceptors (Lipinski definition) is 6. The van der Waals surface area contributed by atoms with Gasteiger partial charge in [0.25, 0.3) is 0 Å². The van der Waals surface area contributed by atoms with E-state index in [1.165, 1.54) is 0 Å². The van der Waals surface area contributed by atoms with E-state index < -0.39 is 5.60 Å². The predicted octanol–water partition coefficient (Wildman–Crippen LogP) is 2.69. The quantitative estimate of drug-likeness (QED) is 0.333. The lowest BCUT2D eigenvalue weighted by Gasteiger charge is -2.36. The fraction of sp³-hybridized carbons (Fsp3) is 0.714. The maximum absolute atomic E-state index is 12.2. The molecule has 9 nitrogen and oxygen atoms in total. The van der Waals surface area contributed by atoms with Gasteiger partial charge < -0.3 is 24.8 Å². The second kappa shape index (κ2) is 12.9. The Labute approximate surface area is 203 Å². The van der Waals surface area contributed by atoms with E-state index >= 15 is 0 Å². The van der Waals surface area contributed by atoms with E-state index in [0.29, 0.717) is 13.1 Å². The smallest absolute Gasteiger partial charge is 0.410 e. The minimum atomic E-state index is -0.488. The number of anilines is 1. The lowest BCUT2D eigenvalue weighted by molar-refractivity contribution is 0.0279. The van der Waals surface area contributed by atoms with Crippen LogP contribution in [0, 0.1) is 5.92 Å². The molecule has 1 atom stereocenters. The van der Waals surface area contributed by atoms with Gasteiger partial charge in [0.2, 0.25) is 5.95 Å². The molecule has 1 aromatic heterocycles. The summed E-state index contributed by atoms with van der Waals surface area (Å²) >= 11 is 0. The Morgan fingerprint density at radius 3 is 2.42 bits per heavy atom. The number of rotatable bonds is 6. The van der Waals surface area contributed by atoms with Crippen LogP contribution in [0.1, 0.15) is 34.6 Å². The molecule has 0 aromatic carbocycles. The lowest BCUT2D eigenvalue weighted by atomic mass is 10.2. The topological polar surface area (TPSA) is 86.2 Å². The van der Waals surface area contributed by atoms with Gasteiger partial charge in [-0.25, -0.2) is 14.8 Å². The van der Waals surface area contributed by atoms with Gasteiger partial charge in [-0.15, -0.1) is 24.0 Å². The van der Waals surface area contributed by atoms with E-state index in [2.05, 4.69) is 38.9 Å². The van der Waals surface area contributed by atoms with Crippen molar-refractivity contribution in [3.05, 3.63) is 18.5 Å². The number of ether oxygens (including phenoxy) is 1. The Morgan fingerprint density at radius 1 is 1.26 bits per heavy atom. The van der Waals surface area contributed by atoms with E-state index in [0.717, 1.165) is 44.6 Å². The van der Waals surface area contributed by atoms with Gasteiger partial charge in [-0.1, -0.05) is 6.92 Å². The Kier molecular flexibility index (Phi) is 11.3. The zero-order valence-electron chi connectivity index (χ0n) is 19.7. The molecule has 0 aliphatic carbocycles. The van der Waals surface area contributed by atoms with Gasteiger partial charge in [-0.05, 0) is 39.7 Å². The number of hydrogen-bond donors (Lipinski definition) is 1. The summed E-state index contributed by atoms with van der Waals surface area (Å²) in [4.78, 5) is 31.8. The first-order valence-corrected chi connectivity index (χ1v) is 10.7. The highest BCUT2D eigenvalue weighted by Gasteiger charge is 2.23. The molecule has 0 saturated carbocycles. The molecule has 1 N–H and O–H groups in total. The van der Waals surface area contributed by atoms with Crippen LogP contribution in [-0.2, 0) is 4.74 Å². The number of piperazine rings is 1. The van der Waals surface area contributed by atoms with Crippen LogP contribution in [0.3, 0.4) is 0 Å². The Balaban J connectivity index is 0.00000480. The minimum absolute atomic E-state index is 0. The third kappa shape index (κ3) is 9.44. The molecule has 31 heavy (non-hydrogen) atoms. The van der Waals surface area contributed by atoms with Gasteiger partial charge >= 0.3 is 6.09 Å². The maximum atomic E-state index is 12.2. The molecule has 1 saturated heterocycles. The van der Waals surface area contributed by atoms with Crippen LogP contribution < -0.4 is 10.2 Å². The average Bonchev–Trinajstić information content (AvgIpc) is 2.70. The lowest BCUT2D eigenvalue weighted by Crippen LogP contribution is -2.53. The number of carbonyl (C=O) groups is 1. The summed E-state index contributed by atoms with van der Waals surface area (Å²) in [5, 5.41) is 3.39. The summed E-state index contributed by atoms with van der Waals surface area (Å²) in [7, 11) is 1.77. The van der Waals surface area contributed by atoms with Crippen molar-refractivity contribution in [2.45, 2.75) is 40.2 Å². The second-order valence-electron chi connectivity index (χ2n) is 8.68. The molecule has 0 bridgehead atoms. The molecule has 1 amide bonds. The van der Waals surface area contributed by atoms with Crippen molar-refractivity contribution < 1.29 is 9.53 Å². The van der Waals surface area contributed by atoms with Crippen molar-refractivity contribution in [1.29, 1.82) is 0 Å². The normalized spacial score (nSPS) is 15.7. The predicted molar refractivity (Wildman–Crippen MR) is 135 cm³/mol. The van der Waals surface area contributed by atoms with Gasteiger partial charge in [0, 0.05) is 65.3 Å². The van der Waals surface area contributed by atoms with Crippen molar-refractivity contribution in [2.24, 2.45) is 10.9 Å². The molecular formula is C21H38IN7O2. The molecule has 1 fully saturated rings. The third-order valence-electron chi connectivity index (χ3n) is 4.59. The summed E-state index contributed by atoms with van der Waals surface area (Å²) < 4.78 is 5.42. The average molecular weight is 547 g/mol. The fourth-order valence-electron chi connectivity index (χ4n) is 3.18. The van der Waals surface area contributed by atoms with Crippen LogP contribution in [0.25, 0.3) is 0 Å². The van der Waals surface area contributed by atoms with Crippen molar-refractivity contribution in [2.75, 3.05) is 57.8 Å². The molecule has 1 aromatic rings. The van der Waals surface area contributed by atoms with E-state index in [9.17, 15) is 4.79 Å². The number of aromatic nitrogens is 2. The molecule has 2 rings (SSSR count). The number of nitrogens with zero attached hydrogens (tertiary/aromatic N) is 6. The van der Waals surface area contributed by atoms with Crippen LogP contribution >= 0.6 is 24.0 Å². The van der Waals surface area contributed by atoms with E-state index in [1.54, 1.807) is 24.3 Å². The Bertz CT molecular complexity index is 689. The molecule has 1 unspecified atom stereocenters. The first kappa shape index (κ1) is 27.2. The highest BCUT2D eigenvalue weighted by Crippen LogP contribution is 2.12. The third-order valence-corrected chi connectivity index (χ3v) is 4.59. The largest absolute Gasteiger partial charge is 0.444 e. The van der Waals surface area contributed by atoms with Gasteiger partial charge in [0.1, 0.15) is 5.60 Å².